The van der Waals surface area contributed by atoms with Crippen LogP contribution >= 0.6 is 22.7 Å². The smallest absolute Gasteiger partial charge is 0.226 e. The van der Waals surface area contributed by atoms with Gasteiger partial charge in [0.1, 0.15) is 16.1 Å². The van der Waals surface area contributed by atoms with Gasteiger partial charge in [0, 0.05) is 30.6 Å². The number of nitriles is 2. The molecule has 2 aromatic heterocycles. The molecule has 0 saturated heterocycles. The molecule has 238 valence electrons. The Labute approximate surface area is 285 Å². The SMILES string of the molecule is [C-]#[N+]/C(C#N)=c1/cc2c(c/c(=C(/C#N)[N+]#[C-])c3cc([Si](C(C)C)(C(C)C)C(C)C)sc32)c2sc([Si](C(C)C)(C(C)C)C(C)C)cc12. The molecule has 4 rings (SSSR count). The van der Waals surface area contributed by atoms with Gasteiger partial charge < -0.3 is 0 Å². The molecule has 0 aliphatic heterocycles. The van der Waals surface area contributed by atoms with Gasteiger partial charge in [0.05, 0.1) is 25.3 Å². The Hall–Kier alpha value is -3.25. The number of thiophene rings is 2. The Morgan fingerprint density at radius 2 is 0.826 bits per heavy atom. The maximum absolute atomic E-state index is 10.2. The third kappa shape index (κ3) is 5.07. The molecule has 0 N–H and O–H groups in total. The van der Waals surface area contributed by atoms with Crippen molar-refractivity contribution >= 4 is 90.2 Å². The summed E-state index contributed by atoms with van der Waals surface area (Å²) in [5.41, 5.74) is 3.21. The van der Waals surface area contributed by atoms with Crippen LogP contribution in [-0.4, -0.2) is 16.1 Å². The summed E-state index contributed by atoms with van der Waals surface area (Å²) in [6, 6.07) is 13.1. The third-order valence-corrected chi connectivity index (χ3v) is 29.1. The minimum absolute atomic E-state index is 0.108. The second-order valence-electron chi connectivity index (χ2n) is 14.6. The normalized spacial score (nSPS) is 14.1. The van der Waals surface area contributed by atoms with E-state index < -0.39 is 16.1 Å². The van der Waals surface area contributed by atoms with Gasteiger partial charge in [-0.05, 0) is 65.2 Å². The summed E-state index contributed by atoms with van der Waals surface area (Å²) in [4.78, 5) is 7.44. The van der Waals surface area contributed by atoms with E-state index >= 15 is 0 Å². The molecule has 8 heteroatoms. The Kier molecular flexibility index (Phi) is 10.1. The molecule has 2 aromatic carbocycles. The minimum atomic E-state index is -2.06. The van der Waals surface area contributed by atoms with Gasteiger partial charge in [0.15, 0.2) is 0 Å². The first-order chi connectivity index (χ1) is 21.6. The molecule has 4 nitrogen and oxygen atoms in total. The average molecular weight is 679 g/mol. The van der Waals surface area contributed by atoms with E-state index in [1.165, 1.54) is 9.00 Å². The van der Waals surface area contributed by atoms with E-state index in [0.29, 0.717) is 43.7 Å². The van der Waals surface area contributed by atoms with Crippen molar-refractivity contribution in [1.82, 2.24) is 0 Å². The van der Waals surface area contributed by atoms with Crippen molar-refractivity contribution in [2.24, 2.45) is 0 Å². The molecule has 0 spiro atoms. The summed E-state index contributed by atoms with van der Waals surface area (Å²) in [5, 5.41) is 25.6. The highest BCUT2D eigenvalue weighted by atomic mass is 32.1. The van der Waals surface area contributed by atoms with Crippen molar-refractivity contribution < 1.29 is 0 Å². The largest absolute Gasteiger partial charge is 0.269 e. The first-order valence-electron chi connectivity index (χ1n) is 16.4. The van der Waals surface area contributed by atoms with Crippen LogP contribution in [0.4, 0.5) is 0 Å². The summed E-state index contributed by atoms with van der Waals surface area (Å²) >= 11 is 3.64. The quantitative estimate of drug-likeness (QED) is 0.138. The second kappa shape index (κ2) is 13.1. The van der Waals surface area contributed by atoms with Crippen LogP contribution in [0.2, 0.25) is 33.2 Å². The standard InChI is InChI=1S/C38H46N4S2Si2/c1-21(2)45(22(3)4,23(5)6)35-17-31-27(33(19-39)41-13)15-30-29(37(31)43-35)16-28(34(20-40)42-14)32-18-36(44-38(30)32)46(24(7)8,25(9)10)26(11)12/h15-18,21-26H,1-12H3/b33-27-,34-28+. The van der Waals surface area contributed by atoms with Crippen molar-refractivity contribution in [2.45, 2.75) is 116 Å². The molecule has 0 radical (unpaired) electrons. The van der Waals surface area contributed by atoms with Crippen molar-refractivity contribution in [2.75, 3.05) is 0 Å². The Balaban J connectivity index is 2.42. The van der Waals surface area contributed by atoms with Gasteiger partial charge >= 0.3 is 0 Å². The lowest BCUT2D eigenvalue weighted by molar-refractivity contribution is 0.837. The van der Waals surface area contributed by atoms with E-state index in [1.54, 1.807) is 0 Å². The maximum atomic E-state index is 10.2. The van der Waals surface area contributed by atoms with Gasteiger partial charge in [-0.2, -0.15) is 0 Å². The minimum Gasteiger partial charge on any atom is -0.226 e. The summed E-state index contributed by atoms with van der Waals surface area (Å²) in [6.07, 6.45) is 0. The summed E-state index contributed by atoms with van der Waals surface area (Å²) in [7, 11) is -4.13. The van der Waals surface area contributed by atoms with Gasteiger partial charge in [-0.15, -0.1) is 22.7 Å². The number of hydrogen-bond acceptors (Lipinski definition) is 4. The van der Waals surface area contributed by atoms with Crippen LogP contribution in [0, 0.1) is 35.8 Å². The molecule has 0 aliphatic rings. The van der Waals surface area contributed by atoms with Crippen LogP contribution in [0.3, 0.4) is 0 Å². The zero-order valence-corrected chi connectivity index (χ0v) is 33.0. The molecule has 0 amide bonds. The number of rotatable bonds is 8. The molecule has 0 atom stereocenters. The molecular formula is C38H46N4S2Si2. The summed E-state index contributed by atoms with van der Waals surface area (Å²) < 4.78 is 4.90. The molecule has 4 aromatic rings. The first-order valence-corrected chi connectivity index (χ1v) is 22.5. The van der Waals surface area contributed by atoms with Gasteiger partial charge in [-0.1, -0.05) is 95.2 Å². The molecule has 0 aliphatic carbocycles. The Morgan fingerprint density at radius 1 is 0.543 bits per heavy atom. The Bertz CT molecular complexity index is 1910. The van der Waals surface area contributed by atoms with Crippen LogP contribution in [0.1, 0.15) is 83.1 Å². The van der Waals surface area contributed by atoms with E-state index in [1.807, 2.05) is 22.7 Å². The van der Waals surface area contributed by atoms with Gasteiger partial charge in [0.25, 0.3) is 11.4 Å². The van der Waals surface area contributed by atoms with Crippen LogP contribution < -0.4 is 19.4 Å². The molecule has 0 fully saturated rings. The second-order valence-corrected chi connectivity index (χ2v) is 29.2. The first kappa shape index (κ1) is 35.6. The maximum Gasteiger partial charge on any atom is 0.269 e. The fourth-order valence-corrected chi connectivity index (χ4v) is 29.8. The highest BCUT2D eigenvalue weighted by molar-refractivity contribution is 7.34. The fourth-order valence-electron chi connectivity index (χ4n) is 9.37. The topological polar surface area (TPSA) is 56.3 Å². The molecule has 46 heavy (non-hydrogen) atoms. The van der Waals surface area contributed by atoms with Gasteiger partial charge in [0.2, 0.25) is 0 Å². The lowest BCUT2D eigenvalue weighted by Crippen LogP contribution is -2.54. The molecule has 0 bridgehead atoms. The van der Waals surface area contributed by atoms with E-state index in [4.69, 9.17) is 13.1 Å². The zero-order valence-electron chi connectivity index (χ0n) is 29.4. The number of benzene rings is 2. The third-order valence-electron chi connectivity index (χ3n) is 10.9. The highest BCUT2D eigenvalue weighted by Gasteiger charge is 2.47. The van der Waals surface area contributed by atoms with Crippen LogP contribution in [0.5, 0.6) is 0 Å². The van der Waals surface area contributed by atoms with E-state index in [-0.39, 0.29) is 11.4 Å². The number of nitrogens with zero attached hydrogens (tertiary/aromatic N) is 4. The van der Waals surface area contributed by atoms with Gasteiger partial charge in [-0.25, -0.2) is 20.2 Å². The van der Waals surface area contributed by atoms with E-state index in [9.17, 15) is 10.5 Å². The van der Waals surface area contributed by atoms with Crippen molar-refractivity contribution in [1.29, 1.82) is 10.5 Å². The monoisotopic (exact) mass is 678 g/mol. The lowest BCUT2D eigenvalue weighted by atomic mass is 10.0. The molecule has 2 heterocycles. The zero-order chi connectivity index (χ0) is 34.5. The van der Waals surface area contributed by atoms with E-state index in [2.05, 4.69) is 129 Å². The average Bonchev–Trinajstić information content (AvgIpc) is 3.60. The predicted octanol–water partition coefficient (Wildman–Crippen LogP) is 10.1. The van der Waals surface area contributed by atoms with Crippen molar-refractivity contribution in [3.8, 4) is 12.1 Å². The molecule has 0 saturated carbocycles. The van der Waals surface area contributed by atoms with E-state index in [0.717, 1.165) is 30.9 Å². The summed E-state index contributed by atoms with van der Waals surface area (Å²) in [6.45, 7) is 44.2. The fraction of sp³-hybridized carbons (Fsp3) is 0.474. The van der Waals surface area contributed by atoms with Crippen LogP contribution in [0.15, 0.2) is 24.3 Å². The molecular weight excluding hydrogens is 633 g/mol. The predicted molar refractivity (Wildman–Crippen MR) is 207 cm³/mol. The number of fused-ring (bicyclic) bond motifs is 5. The van der Waals surface area contributed by atoms with Crippen LogP contribution in [-0.2, 0) is 0 Å². The van der Waals surface area contributed by atoms with Crippen molar-refractivity contribution in [3.63, 3.8) is 0 Å². The van der Waals surface area contributed by atoms with Crippen LogP contribution in [0.25, 0.3) is 52.0 Å². The molecule has 0 unspecified atom stereocenters. The van der Waals surface area contributed by atoms with Gasteiger partial charge in [-0.3, -0.25) is 0 Å². The Morgan fingerprint density at radius 3 is 1.04 bits per heavy atom. The van der Waals surface area contributed by atoms with Crippen molar-refractivity contribution in [3.05, 3.63) is 57.5 Å². The number of hydrogen-bond donors (Lipinski definition) is 0. The highest BCUT2D eigenvalue weighted by Crippen LogP contribution is 2.46. The lowest BCUT2D eigenvalue weighted by Gasteiger charge is -2.42. The summed E-state index contributed by atoms with van der Waals surface area (Å²) in [5.74, 6) is 0.